The maximum Gasteiger partial charge on any atom is 0.187 e. The van der Waals surface area contributed by atoms with Crippen LogP contribution in [0, 0.1) is 11.3 Å². The summed E-state index contributed by atoms with van der Waals surface area (Å²) in [7, 11) is 0. The zero-order chi connectivity index (χ0) is 12.5. The Morgan fingerprint density at radius 3 is 2.82 bits per heavy atom. The van der Waals surface area contributed by atoms with Gasteiger partial charge in [-0.3, -0.25) is 0 Å². The fraction of sp³-hybridized carbons (Fsp3) is 0.231. The Morgan fingerprint density at radius 2 is 2.18 bits per heavy atom. The van der Waals surface area contributed by atoms with Gasteiger partial charge in [0.05, 0.1) is 6.26 Å². The van der Waals surface area contributed by atoms with Crippen LogP contribution in [0.15, 0.2) is 42.7 Å². The molecule has 3 nitrogen and oxygen atoms in total. The van der Waals surface area contributed by atoms with Crippen molar-refractivity contribution in [2.45, 2.75) is 19.6 Å². The van der Waals surface area contributed by atoms with Crippen LogP contribution in [0.3, 0.4) is 0 Å². The predicted molar refractivity (Wildman–Crippen MR) is 69.1 cm³/mol. The molecular weight excluding hydrogens is 234 g/mol. The van der Waals surface area contributed by atoms with E-state index in [0.717, 1.165) is 5.56 Å². The number of hydrogen-bond acceptors (Lipinski definition) is 4. The van der Waals surface area contributed by atoms with Crippen molar-refractivity contribution in [1.82, 2.24) is 0 Å². The standard InChI is InChI=1S/C13H13NO2S/c1-11(9-14)15-8-7-13(17)16-10-12-5-3-2-4-6-12/h2-8,11H,10H2,1H3. The van der Waals surface area contributed by atoms with Crippen molar-refractivity contribution < 1.29 is 9.47 Å². The van der Waals surface area contributed by atoms with Crippen molar-refractivity contribution in [1.29, 1.82) is 5.26 Å². The third-order valence-electron chi connectivity index (χ3n) is 1.89. The highest BCUT2D eigenvalue weighted by atomic mass is 32.1. The second-order valence-corrected chi connectivity index (χ2v) is 3.71. The Balaban J connectivity index is 2.29. The van der Waals surface area contributed by atoms with Gasteiger partial charge in [-0.1, -0.05) is 30.3 Å². The van der Waals surface area contributed by atoms with Gasteiger partial charge in [-0.2, -0.15) is 5.26 Å². The number of nitrogens with zero attached hydrogens (tertiary/aromatic N) is 1. The molecule has 0 heterocycles. The summed E-state index contributed by atoms with van der Waals surface area (Å²) in [6.45, 7) is 2.08. The molecule has 1 atom stereocenters. The number of hydrogen-bond donors (Lipinski definition) is 0. The minimum absolute atomic E-state index is 0.332. The number of nitriles is 1. The minimum Gasteiger partial charge on any atom is -0.483 e. The normalized spacial score (nSPS) is 11.8. The van der Waals surface area contributed by atoms with Gasteiger partial charge in [-0.05, 0) is 24.7 Å². The Labute approximate surface area is 106 Å². The second kappa shape index (κ2) is 7.42. The molecule has 1 aromatic rings. The lowest BCUT2D eigenvalue weighted by Crippen LogP contribution is -2.01. The topological polar surface area (TPSA) is 42.2 Å². The molecule has 0 saturated carbocycles. The van der Waals surface area contributed by atoms with Gasteiger partial charge in [0, 0.05) is 6.08 Å². The molecule has 0 aliphatic carbocycles. The van der Waals surface area contributed by atoms with E-state index in [4.69, 9.17) is 27.0 Å². The zero-order valence-corrected chi connectivity index (χ0v) is 10.3. The average Bonchev–Trinajstić information content (AvgIpc) is 2.37. The third kappa shape index (κ3) is 5.69. The second-order valence-electron chi connectivity index (χ2n) is 3.30. The first-order valence-corrected chi connectivity index (χ1v) is 5.55. The molecule has 0 N–H and O–H groups in total. The van der Waals surface area contributed by atoms with Crippen LogP contribution in [0.4, 0.5) is 0 Å². The SMILES string of the molecule is CC(C#N)OC=CC(=S)OCc1ccccc1. The fourth-order valence-electron chi connectivity index (χ4n) is 1.02. The van der Waals surface area contributed by atoms with E-state index >= 15 is 0 Å². The molecule has 1 aromatic carbocycles. The van der Waals surface area contributed by atoms with Crippen molar-refractivity contribution in [2.75, 3.05) is 0 Å². The lowest BCUT2D eigenvalue weighted by atomic mass is 10.2. The molecule has 0 spiro atoms. The average molecular weight is 247 g/mol. The van der Waals surface area contributed by atoms with E-state index in [-0.39, 0.29) is 0 Å². The van der Waals surface area contributed by atoms with Crippen LogP contribution in [0.5, 0.6) is 0 Å². The highest BCUT2D eigenvalue weighted by molar-refractivity contribution is 7.80. The molecule has 0 saturated heterocycles. The van der Waals surface area contributed by atoms with E-state index in [1.165, 1.54) is 12.3 Å². The van der Waals surface area contributed by atoms with Crippen LogP contribution in [-0.4, -0.2) is 11.2 Å². The highest BCUT2D eigenvalue weighted by Gasteiger charge is 1.96. The summed E-state index contributed by atoms with van der Waals surface area (Å²) < 4.78 is 10.3. The molecule has 88 valence electrons. The maximum atomic E-state index is 8.48. The Kier molecular flexibility index (Phi) is 5.76. The van der Waals surface area contributed by atoms with E-state index in [9.17, 15) is 0 Å². The van der Waals surface area contributed by atoms with Crippen molar-refractivity contribution >= 4 is 17.3 Å². The van der Waals surface area contributed by atoms with Crippen LogP contribution < -0.4 is 0 Å². The van der Waals surface area contributed by atoms with Crippen LogP contribution in [0.2, 0.25) is 0 Å². The molecular formula is C13H13NO2S. The largest absolute Gasteiger partial charge is 0.483 e. The van der Waals surface area contributed by atoms with E-state index < -0.39 is 6.10 Å². The summed E-state index contributed by atoms with van der Waals surface area (Å²) in [6, 6.07) is 11.7. The third-order valence-corrected chi connectivity index (χ3v) is 2.15. The molecule has 1 rings (SSSR count). The van der Waals surface area contributed by atoms with Gasteiger partial charge in [0.15, 0.2) is 11.2 Å². The van der Waals surface area contributed by atoms with Gasteiger partial charge in [0.25, 0.3) is 0 Å². The van der Waals surface area contributed by atoms with Crippen molar-refractivity contribution in [3.8, 4) is 6.07 Å². The molecule has 0 bridgehead atoms. The molecule has 17 heavy (non-hydrogen) atoms. The van der Waals surface area contributed by atoms with Crippen LogP contribution in [0.1, 0.15) is 12.5 Å². The van der Waals surface area contributed by atoms with Gasteiger partial charge < -0.3 is 9.47 Å². The van der Waals surface area contributed by atoms with Crippen LogP contribution in [0.25, 0.3) is 0 Å². The monoisotopic (exact) mass is 247 g/mol. The van der Waals surface area contributed by atoms with Gasteiger partial charge in [0.1, 0.15) is 12.7 Å². The van der Waals surface area contributed by atoms with E-state index in [1.54, 1.807) is 6.92 Å². The highest BCUT2D eigenvalue weighted by Crippen LogP contribution is 2.01. The molecule has 0 aliphatic heterocycles. The lowest BCUT2D eigenvalue weighted by molar-refractivity contribution is 0.209. The molecule has 0 aromatic heterocycles. The smallest absolute Gasteiger partial charge is 0.187 e. The maximum absolute atomic E-state index is 8.48. The summed E-state index contributed by atoms with van der Waals surface area (Å²) in [5.74, 6) is 0. The van der Waals surface area contributed by atoms with Crippen molar-refractivity contribution in [3.05, 3.63) is 48.2 Å². The van der Waals surface area contributed by atoms with Crippen LogP contribution in [-0.2, 0) is 16.1 Å². The van der Waals surface area contributed by atoms with E-state index in [2.05, 4.69) is 0 Å². The molecule has 0 amide bonds. The van der Waals surface area contributed by atoms with Gasteiger partial charge in [-0.15, -0.1) is 0 Å². The first-order valence-electron chi connectivity index (χ1n) is 5.14. The van der Waals surface area contributed by atoms with E-state index in [1.807, 2.05) is 36.4 Å². The number of benzene rings is 1. The molecule has 4 heteroatoms. The fourth-order valence-corrected chi connectivity index (χ4v) is 1.13. The van der Waals surface area contributed by atoms with Crippen molar-refractivity contribution in [2.24, 2.45) is 0 Å². The van der Waals surface area contributed by atoms with Gasteiger partial charge >= 0.3 is 0 Å². The van der Waals surface area contributed by atoms with Gasteiger partial charge in [-0.25, -0.2) is 0 Å². The minimum atomic E-state index is -0.483. The predicted octanol–water partition coefficient (Wildman–Crippen LogP) is 2.97. The van der Waals surface area contributed by atoms with Gasteiger partial charge in [0.2, 0.25) is 0 Å². The van der Waals surface area contributed by atoms with E-state index in [0.29, 0.717) is 11.7 Å². The number of rotatable bonds is 5. The van der Waals surface area contributed by atoms with Crippen molar-refractivity contribution in [3.63, 3.8) is 0 Å². The first kappa shape index (κ1) is 13.2. The Hall–Kier alpha value is -1.86. The summed E-state index contributed by atoms with van der Waals surface area (Å²) in [5, 5.41) is 8.81. The molecule has 0 radical (unpaired) electrons. The van der Waals surface area contributed by atoms with Crippen LogP contribution >= 0.6 is 12.2 Å². The summed E-state index contributed by atoms with van der Waals surface area (Å²) in [5.41, 5.74) is 1.05. The first-order chi connectivity index (χ1) is 8.22. The quantitative estimate of drug-likeness (QED) is 0.456. The summed E-state index contributed by atoms with van der Waals surface area (Å²) in [4.78, 5) is 0. The molecule has 0 aliphatic rings. The summed E-state index contributed by atoms with van der Waals surface area (Å²) >= 11 is 4.97. The molecule has 0 fully saturated rings. The Bertz CT molecular complexity index is 423. The lowest BCUT2D eigenvalue weighted by Gasteiger charge is -2.04. The zero-order valence-electron chi connectivity index (χ0n) is 9.50. The summed E-state index contributed by atoms with van der Waals surface area (Å²) in [6.07, 6.45) is 2.41. The molecule has 1 unspecified atom stereocenters. The Morgan fingerprint density at radius 1 is 1.47 bits per heavy atom. The number of ether oxygens (including phenoxy) is 2. The number of thiocarbonyl (C=S) groups is 1.